The highest BCUT2D eigenvalue weighted by molar-refractivity contribution is 7.71. The summed E-state index contributed by atoms with van der Waals surface area (Å²) in [5, 5.41) is 12.2. The first-order valence-electron chi connectivity index (χ1n) is 3.64. The second kappa shape index (κ2) is 4.01. The average molecular weight is 216 g/mol. The molecule has 0 atom stereocenters. The van der Waals surface area contributed by atoms with Gasteiger partial charge in [-0.3, -0.25) is 15.0 Å². The van der Waals surface area contributed by atoms with E-state index in [0.717, 1.165) is 4.68 Å². The number of carboxylic acid groups (broad SMARTS) is 1. The predicted molar refractivity (Wildman–Crippen MR) is 48.7 cm³/mol. The van der Waals surface area contributed by atoms with Crippen LogP contribution in [0.5, 0.6) is 0 Å². The maximum Gasteiger partial charge on any atom is 0.325 e. The molecular weight excluding hydrogens is 208 g/mol. The maximum absolute atomic E-state index is 10.7. The van der Waals surface area contributed by atoms with Crippen LogP contribution < -0.4 is 5.43 Å². The van der Waals surface area contributed by atoms with E-state index in [1.165, 1.54) is 17.9 Å². The molecule has 1 aromatic rings. The number of carbonyl (C=O) groups is 2. The zero-order chi connectivity index (χ0) is 10.7. The van der Waals surface area contributed by atoms with E-state index < -0.39 is 5.97 Å². The first kappa shape index (κ1) is 10.4. The Morgan fingerprint density at radius 2 is 2.36 bits per heavy atom. The molecule has 1 heterocycles. The molecule has 0 saturated carbocycles. The molecule has 0 aliphatic rings. The van der Waals surface area contributed by atoms with Crippen LogP contribution in [0.2, 0.25) is 0 Å². The summed E-state index contributed by atoms with van der Waals surface area (Å²) >= 11 is 4.85. The van der Waals surface area contributed by atoms with E-state index in [-0.39, 0.29) is 17.2 Å². The Morgan fingerprint density at radius 3 is 2.86 bits per heavy atom. The minimum Gasteiger partial charge on any atom is -0.480 e. The molecule has 1 aromatic heterocycles. The number of rotatable bonds is 3. The minimum absolute atomic E-state index is 0.127. The lowest BCUT2D eigenvalue weighted by atomic mass is 10.7. The summed E-state index contributed by atoms with van der Waals surface area (Å²) in [6.45, 7) is 0.988. The number of nitrogens with zero attached hydrogens (tertiary/aromatic N) is 3. The molecule has 0 radical (unpaired) electrons. The van der Waals surface area contributed by atoms with Crippen molar-refractivity contribution in [3.05, 3.63) is 11.1 Å². The Bertz CT molecular complexity index is 384. The topological polar surface area (TPSA) is 89.2 Å². The predicted octanol–water partition coefficient (Wildman–Crippen LogP) is -0.411. The number of nitrogens with one attached hydrogen (secondary N) is 1. The highest BCUT2D eigenvalue weighted by atomic mass is 32.1. The molecule has 14 heavy (non-hydrogen) atoms. The number of carbonyl (C=O) groups excluding carboxylic acids is 1. The van der Waals surface area contributed by atoms with Gasteiger partial charge in [-0.25, -0.2) is 9.36 Å². The third-order valence-corrected chi connectivity index (χ3v) is 1.70. The highest BCUT2D eigenvalue weighted by Gasteiger charge is 2.05. The quantitative estimate of drug-likeness (QED) is 0.670. The van der Waals surface area contributed by atoms with Gasteiger partial charge in [0, 0.05) is 6.92 Å². The van der Waals surface area contributed by atoms with Crippen molar-refractivity contribution in [3.8, 4) is 0 Å². The van der Waals surface area contributed by atoms with Gasteiger partial charge in [-0.15, -0.1) is 0 Å². The van der Waals surface area contributed by atoms with Crippen molar-refractivity contribution in [2.24, 2.45) is 0 Å². The summed E-state index contributed by atoms with van der Waals surface area (Å²) < 4.78 is 2.40. The lowest BCUT2D eigenvalue weighted by molar-refractivity contribution is -0.137. The van der Waals surface area contributed by atoms with Gasteiger partial charge in [-0.1, -0.05) is 0 Å². The monoisotopic (exact) mass is 216 g/mol. The summed E-state index contributed by atoms with van der Waals surface area (Å²) in [6.07, 6.45) is 1.24. The van der Waals surface area contributed by atoms with Crippen LogP contribution in [0.25, 0.3) is 0 Å². The zero-order valence-corrected chi connectivity index (χ0v) is 8.11. The van der Waals surface area contributed by atoms with Crippen LogP contribution in [0.3, 0.4) is 0 Å². The van der Waals surface area contributed by atoms with Gasteiger partial charge in [-0.2, -0.15) is 5.10 Å². The van der Waals surface area contributed by atoms with Crippen molar-refractivity contribution in [1.29, 1.82) is 0 Å². The maximum atomic E-state index is 10.7. The summed E-state index contributed by atoms with van der Waals surface area (Å²) in [6, 6.07) is 0. The Kier molecular flexibility index (Phi) is 2.97. The van der Waals surface area contributed by atoms with Crippen molar-refractivity contribution in [1.82, 2.24) is 14.5 Å². The van der Waals surface area contributed by atoms with Crippen LogP contribution in [-0.4, -0.2) is 31.4 Å². The fraction of sp³-hybridized carbons (Fsp3) is 0.333. The van der Waals surface area contributed by atoms with Gasteiger partial charge in [0.1, 0.15) is 12.9 Å². The molecule has 0 unspecified atom stereocenters. The molecule has 0 aliphatic heterocycles. The first-order valence-corrected chi connectivity index (χ1v) is 4.05. The molecule has 0 bridgehead atoms. The zero-order valence-electron chi connectivity index (χ0n) is 7.30. The molecule has 2 N–H and O–H groups in total. The van der Waals surface area contributed by atoms with Crippen molar-refractivity contribution in [3.63, 3.8) is 0 Å². The van der Waals surface area contributed by atoms with Crippen molar-refractivity contribution in [2.45, 2.75) is 13.5 Å². The van der Waals surface area contributed by atoms with E-state index in [4.69, 9.17) is 17.3 Å². The summed E-state index contributed by atoms with van der Waals surface area (Å²) in [5.41, 5.74) is 2.36. The summed E-state index contributed by atoms with van der Waals surface area (Å²) in [7, 11) is 0. The Balaban J connectivity index is 2.91. The lowest BCUT2D eigenvalue weighted by Crippen LogP contribution is -2.20. The van der Waals surface area contributed by atoms with E-state index >= 15 is 0 Å². The third-order valence-electron chi connectivity index (χ3n) is 1.30. The largest absolute Gasteiger partial charge is 0.480 e. The minimum atomic E-state index is -1.05. The number of carboxylic acids is 1. The van der Waals surface area contributed by atoms with Gasteiger partial charge in [0.05, 0.1) is 0 Å². The van der Waals surface area contributed by atoms with Gasteiger partial charge in [0.25, 0.3) is 0 Å². The molecule has 1 rings (SSSR count). The summed E-state index contributed by atoms with van der Waals surface area (Å²) in [5.74, 6) is -1.36. The first-order chi connectivity index (χ1) is 6.50. The average Bonchev–Trinajstić information content (AvgIpc) is 2.34. The van der Waals surface area contributed by atoms with Gasteiger partial charge in [0.15, 0.2) is 0 Å². The van der Waals surface area contributed by atoms with Crippen molar-refractivity contribution < 1.29 is 14.7 Å². The van der Waals surface area contributed by atoms with E-state index in [9.17, 15) is 9.59 Å². The Hall–Kier alpha value is -1.70. The van der Waals surface area contributed by atoms with E-state index in [0.29, 0.717) is 0 Å². The molecule has 0 saturated heterocycles. The molecule has 0 aliphatic carbocycles. The lowest BCUT2D eigenvalue weighted by Gasteiger charge is -1.99. The number of hydrogen-bond acceptors (Lipinski definition) is 4. The van der Waals surface area contributed by atoms with Gasteiger partial charge in [-0.05, 0) is 12.2 Å². The van der Waals surface area contributed by atoms with E-state index in [1.54, 1.807) is 0 Å². The summed E-state index contributed by atoms with van der Waals surface area (Å²) in [4.78, 5) is 21.0. The number of aliphatic carboxylic acids is 1. The fourth-order valence-electron chi connectivity index (χ4n) is 0.820. The van der Waals surface area contributed by atoms with Crippen LogP contribution in [0.15, 0.2) is 6.33 Å². The normalized spacial score (nSPS) is 9.79. The van der Waals surface area contributed by atoms with E-state index in [1.807, 2.05) is 0 Å². The number of amides is 1. The standard InChI is InChI=1S/C6H8N4O3S/c1-4(11)8-10-3-7-9(6(10)14)2-5(12)13/h3H,2H2,1H3,(H,8,11)(H,12,13). The molecular formula is C6H8N4O3S. The SMILES string of the molecule is CC(=O)Nn1cnn(CC(=O)O)c1=S. The van der Waals surface area contributed by atoms with Crippen LogP contribution in [0.4, 0.5) is 0 Å². The molecule has 7 nitrogen and oxygen atoms in total. The molecule has 0 aromatic carbocycles. The van der Waals surface area contributed by atoms with Crippen molar-refractivity contribution in [2.75, 3.05) is 5.43 Å². The third kappa shape index (κ3) is 2.39. The molecule has 76 valence electrons. The smallest absolute Gasteiger partial charge is 0.325 e. The van der Waals surface area contributed by atoms with Gasteiger partial charge < -0.3 is 5.11 Å². The number of hydrogen-bond donors (Lipinski definition) is 2. The van der Waals surface area contributed by atoms with Gasteiger partial charge in [0.2, 0.25) is 10.7 Å². The molecule has 0 fully saturated rings. The molecule has 0 spiro atoms. The van der Waals surface area contributed by atoms with Crippen LogP contribution in [0, 0.1) is 4.77 Å². The fourth-order valence-corrected chi connectivity index (χ4v) is 1.02. The van der Waals surface area contributed by atoms with Gasteiger partial charge >= 0.3 is 5.97 Å². The van der Waals surface area contributed by atoms with E-state index in [2.05, 4.69) is 10.5 Å². The molecule has 1 amide bonds. The second-order valence-electron chi connectivity index (χ2n) is 2.50. The Labute approximate surface area is 83.9 Å². The van der Waals surface area contributed by atoms with Crippen LogP contribution in [0.1, 0.15) is 6.92 Å². The Morgan fingerprint density at radius 1 is 1.71 bits per heavy atom. The van der Waals surface area contributed by atoms with Crippen molar-refractivity contribution >= 4 is 24.1 Å². The van der Waals surface area contributed by atoms with Crippen LogP contribution >= 0.6 is 12.2 Å². The second-order valence-corrected chi connectivity index (χ2v) is 2.87. The molecule has 8 heteroatoms. The van der Waals surface area contributed by atoms with Crippen LogP contribution in [-0.2, 0) is 16.1 Å². The number of aromatic nitrogens is 3. The highest BCUT2D eigenvalue weighted by Crippen LogP contribution is 1.90.